The van der Waals surface area contributed by atoms with E-state index >= 15 is 0 Å². The number of sulfonamides is 1. The summed E-state index contributed by atoms with van der Waals surface area (Å²) < 4.78 is 37.7. The van der Waals surface area contributed by atoms with Crippen LogP contribution in [-0.4, -0.2) is 68.9 Å². The number of esters is 1. The lowest BCUT2D eigenvalue weighted by molar-refractivity contribution is 0.0600. The number of imide groups is 1. The highest BCUT2D eigenvalue weighted by molar-refractivity contribution is 7.89. The Morgan fingerprint density at radius 3 is 2.31 bits per heavy atom. The fourth-order valence-electron chi connectivity index (χ4n) is 4.36. The smallest absolute Gasteiger partial charge is 0.337 e. The van der Waals surface area contributed by atoms with Gasteiger partial charge in [0.25, 0.3) is 11.8 Å². The molecule has 2 aliphatic heterocycles. The number of methoxy groups -OCH3 is 1. The van der Waals surface area contributed by atoms with E-state index in [1.54, 1.807) is 13.0 Å². The molecule has 2 aliphatic rings. The Morgan fingerprint density at radius 2 is 1.66 bits per heavy atom. The first-order chi connectivity index (χ1) is 16.7. The van der Waals surface area contributed by atoms with Gasteiger partial charge in [-0.05, 0) is 49.4 Å². The van der Waals surface area contributed by atoms with Crippen molar-refractivity contribution in [3.8, 4) is 0 Å². The summed E-state index contributed by atoms with van der Waals surface area (Å²) in [5, 5.41) is 0.284. The fraction of sp³-hybridized carbons (Fsp3) is 0.250. The summed E-state index contributed by atoms with van der Waals surface area (Å²) in [6.45, 7) is 2.71. The Hall–Kier alpha value is -3.67. The molecule has 0 spiro atoms. The summed E-state index contributed by atoms with van der Waals surface area (Å²) >= 11 is 0. The van der Waals surface area contributed by atoms with Gasteiger partial charge in [-0.3, -0.25) is 14.6 Å². The van der Waals surface area contributed by atoms with Crippen molar-refractivity contribution in [2.24, 2.45) is 0 Å². The van der Waals surface area contributed by atoms with E-state index in [4.69, 9.17) is 4.74 Å². The van der Waals surface area contributed by atoms with Crippen LogP contribution < -0.4 is 4.90 Å². The maximum absolute atomic E-state index is 13.5. The van der Waals surface area contributed by atoms with Crippen molar-refractivity contribution in [1.82, 2.24) is 9.29 Å². The van der Waals surface area contributed by atoms with Gasteiger partial charge < -0.3 is 9.47 Å². The predicted octanol–water partition coefficient (Wildman–Crippen LogP) is 2.15. The third-order valence-corrected chi connectivity index (χ3v) is 8.02. The normalized spacial score (nSPS) is 16.6. The summed E-state index contributed by atoms with van der Waals surface area (Å²) in [4.78, 5) is 44.0. The lowest BCUT2D eigenvalue weighted by atomic mass is 10.0. The van der Waals surface area contributed by atoms with Gasteiger partial charge in [0.15, 0.2) is 0 Å². The third kappa shape index (κ3) is 3.68. The number of hydrogen-bond donors (Lipinski definition) is 0. The molecule has 11 heteroatoms. The fourth-order valence-corrected chi connectivity index (χ4v) is 5.79. The van der Waals surface area contributed by atoms with Crippen molar-refractivity contribution >= 4 is 44.4 Å². The van der Waals surface area contributed by atoms with Gasteiger partial charge in [-0.1, -0.05) is 0 Å². The van der Waals surface area contributed by atoms with Crippen molar-refractivity contribution in [1.29, 1.82) is 0 Å². The van der Waals surface area contributed by atoms with Gasteiger partial charge in [-0.25, -0.2) is 18.1 Å². The molecule has 1 saturated heterocycles. The Kier molecular flexibility index (Phi) is 5.62. The van der Waals surface area contributed by atoms with E-state index in [-0.39, 0.29) is 45.7 Å². The van der Waals surface area contributed by atoms with E-state index in [9.17, 15) is 22.8 Å². The minimum atomic E-state index is -3.82. The highest BCUT2D eigenvalue weighted by atomic mass is 32.2. The van der Waals surface area contributed by atoms with Crippen LogP contribution in [0.3, 0.4) is 0 Å². The molecule has 1 aromatic heterocycles. The van der Waals surface area contributed by atoms with Gasteiger partial charge in [0.1, 0.15) is 0 Å². The molecule has 10 nitrogen and oxygen atoms in total. The van der Waals surface area contributed by atoms with Crippen LogP contribution in [-0.2, 0) is 19.5 Å². The van der Waals surface area contributed by atoms with Gasteiger partial charge in [-0.2, -0.15) is 4.31 Å². The number of amides is 2. The molecule has 35 heavy (non-hydrogen) atoms. The van der Waals surface area contributed by atoms with E-state index < -0.39 is 27.8 Å². The van der Waals surface area contributed by atoms with E-state index in [0.717, 1.165) is 4.90 Å². The van der Waals surface area contributed by atoms with Crippen LogP contribution in [0.2, 0.25) is 0 Å². The van der Waals surface area contributed by atoms with Crippen LogP contribution in [0.15, 0.2) is 47.4 Å². The van der Waals surface area contributed by atoms with Gasteiger partial charge in [0.2, 0.25) is 10.0 Å². The van der Waals surface area contributed by atoms with Crippen LogP contribution >= 0.6 is 0 Å². The first-order valence-electron chi connectivity index (χ1n) is 10.8. The van der Waals surface area contributed by atoms with E-state index in [1.807, 2.05) is 0 Å². The Morgan fingerprint density at radius 1 is 1.00 bits per heavy atom. The Bertz CT molecular complexity index is 1490. The van der Waals surface area contributed by atoms with E-state index in [1.165, 1.54) is 47.8 Å². The number of hydrogen-bond acceptors (Lipinski definition) is 8. The number of anilines is 1. The maximum atomic E-state index is 13.5. The second-order valence-corrected chi connectivity index (χ2v) is 10.1. The highest BCUT2D eigenvalue weighted by Crippen LogP contribution is 2.35. The zero-order valence-electron chi connectivity index (χ0n) is 19.0. The van der Waals surface area contributed by atoms with Crippen molar-refractivity contribution in [2.45, 2.75) is 11.8 Å². The molecule has 0 atom stereocenters. The molecule has 0 bridgehead atoms. The van der Waals surface area contributed by atoms with Crippen LogP contribution in [0.1, 0.15) is 36.8 Å². The molecule has 0 N–H and O–H groups in total. The van der Waals surface area contributed by atoms with E-state index in [2.05, 4.69) is 9.72 Å². The number of fused-ring (bicyclic) bond motifs is 3. The molecule has 0 saturated carbocycles. The van der Waals surface area contributed by atoms with Gasteiger partial charge >= 0.3 is 5.97 Å². The van der Waals surface area contributed by atoms with Gasteiger partial charge in [-0.15, -0.1) is 0 Å². The highest BCUT2D eigenvalue weighted by Gasteiger charge is 2.40. The quantitative estimate of drug-likeness (QED) is 0.399. The molecule has 5 rings (SSSR count). The number of carbonyl (C=O) groups excluding carboxylic acids is 3. The zero-order chi connectivity index (χ0) is 24.9. The molecule has 2 amide bonds. The van der Waals surface area contributed by atoms with Crippen molar-refractivity contribution in [3.63, 3.8) is 0 Å². The van der Waals surface area contributed by atoms with Gasteiger partial charge in [0.05, 0.1) is 58.8 Å². The van der Waals surface area contributed by atoms with E-state index in [0.29, 0.717) is 24.4 Å². The van der Waals surface area contributed by atoms with Crippen LogP contribution in [0.4, 0.5) is 5.69 Å². The lowest BCUT2D eigenvalue weighted by Crippen LogP contribution is -2.40. The Balaban J connectivity index is 1.61. The first-order valence-corrected chi connectivity index (χ1v) is 12.3. The molecular formula is C24H21N3O7S. The number of pyridine rings is 1. The monoisotopic (exact) mass is 495 g/mol. The molecule has 0 aliphatic carbocycles. The molecule has 180 valence electrons. The largest absolute Gasteiger partial charge is 0.465 e. The van der Waals surface area contributed by atoms with Crippen molar-refractivity contribution in [3.05, 3.63) is 64.8 Å². The second kappa shape index (κ2) is 8.52. The number of morpholine rings is 1. The predicted molar refractivity (Wildman–Crippen MR) is 125 cm³/mol. The molecule has 2 aromatic carbocycles. The number of rotatable bonds is 4. The molecule has 0 unspecified atom stereocenters. The first kappa shape index (κ1) is 23.1. The zero-order valence-corrected chi connectivity index (χ0v) is 19.8. The average molecular weight is 496 g/mol. The third-order valence-electron chi connectivity index (χ3n) is 6.13. The minimum absolute atomic E-state index is 0.0147. The van der Waals surface area contributed by atoms with Crippen LogP contribution in [0.25, 0.3) is 10.9 Å². The number of benzene rings is 2. The molecule has 3 aromatic rings. The molecule has 0 radical (unpaired) electrons. The molecule has 1 fully saturated rings. The second-order valence-electron chi connectivity index (χ2n) is 8.13. The SMILES string of the molecule is COC(=O)c1ccc(N2C(=O)c3c(C)nc4ccc(S(=O)(=O)N5CCOCC5)cc4c3C2=O)cc1. The Labute approximate surface area is 201 Å². The van der Waals surface area contributed by atoms with Crippen LogP contribution in [0, 0.1) is 6.92 Å². The topological polar surface area (TPSA) is 123 Å². The standard InChI is InChI=1S/C24H21N3O7S/c1-14-20-21(23(29)27(22(20)28)16-5-3-15(4-6-16)24(30)33-2)18-13-17(7-8-19(18)25-14)35(31,32)26-9-11-34-12-10-26/h3-8,13H,9-12H2,1-2H3. The number of nitrogens with zero attached hydrogens (tertiary/aromatic N) is 3. The minimum Gasteiger partial charge on any atom is -0.465 e. The van der Waals surface area contributed by atoms with Crippen molar-refractivity contribution < 1.29 is 32.3 Å². The summed E-state index contributed by atoms with van der Waals surface area (Å²) in [5.74, 6) is -1.70. The van der Waals surface area contributed by atoms with Crippen LogP contribution in [0.5, 0.6) is 0 Å². The number of aromatic nitrogens is 1. The number of aryl methyl sites for hydroxylation is 1. The number of carbonyl (C=O) groups is 3. The summed E-state index contributed by atoms with van der Waals surface area (Å²) in [7, 11) is -2.56. The summed E-state index contributed by atoms with van der Waals surface area (Å²) in [6.07, 6.45) is 0. The molecule has 3 heterocycles. The molecular weight excluding hydrogens is 474 g/mol. The average Bonchev–Trinajstić information content (AvgIpc) is 3.14. The maximum Gasteiger partial charge on any atom is 0.337 e. The van der Waals surface area contributed by atoms with Crippen molar-refractivity contribution in [2.75, 3.05) is 38.3 Å². The number of ether oxygens (including phenoxy) is 2. The summed E-state index contributed by atoms with van der Waals surface area (Å²) in [6, 6.07) is 10.3. The summed E-state index contributed by atoms with van der Waals surface area (Å²) in [5.41, 5.74) is 1.55. The van der Waals surface area contributed by atoms with Gasteiger partial charge in [0, 0.05) is 18.5 Å². The lowest BCUT2D eigenvalue weighted by Gasteiger charge is -2.26.